The van der Waals surface area contributed by atoms with Gasteiger partial charge in [-0.2, -0.15) is 0 Å². The third-order valence-corrected chi connectivity index (χ3v) is 3.22. The van der Waals surface area contributed by atoms with Crippen molar-refractivity contribution >= 4 is 11.9 Å². The van der Waals surface area contributed by atoms with E-state index in [1.807, 2.05) is 30.3 Å². The summed E-state index contributed by atoms with van der Waals surface area (Å²) in [6, 6.07) is 9.37. The number of nitrogens with one attached hydrogen (secondary N) is 1. The molecule has 5 heteroatoms. The highest BCUT2D eigenvalue weighted by Gasteiger charge is 2.26. The van der Waals surface area contributed by atoms with Crippen molar-refractivity contribution in [1.29, 1.82) is 0 Å². The van der Waals surface area contributed by atoms with E-state index in [1.165, 1.54) is 0 Å². The molecule has 1 fully saturated rings. The van der Waals surface area contributed by atoms with Gasteiger partial charge in [0.05, 0.1) is 12.5 Å². The predicted molar refractivity (Wildman–Crippen MR) is 73.2 cm³/mol. The van der Waals surface area contributed by atoms with Crippen molar-refractivity contribution in [3.8, 4) is 5.75 Å². The van der Waals surface area contributed by atoms with Crippen molar-refractivity contribution in [1.82, 2.24) is 5.32 Å². The topological polar surface area (TPSA) is 64.6 Å². The van der Waals surface area contributed by atoms with Crippen LogP contribution in [0.2, 0.25) is 0 Å². The van der Waals surface area contributed by atoms with Crippen LogP contribution in [0.3, 0.4) is 0 Å². The molecule has 0 spiro atoms. The van der Waals surface area contributed by atoms with E-state index in [1.54, 1.807) is 0 Å². The number of benzene rings is 1. The number of hydrogen-bond acceptors (Lipinski definition) is 4. The maximum absolute atomic E-state index is 11.4. The highest BCUT2D eigenvalue weighted by atomic mass is 16.5. The molecular formula is C15H19NO4. The lowest BCUT2D eigenvalue weighted by Crippen LogP contribution is -2.34. The first-order valence-corrected chi connectivity index (χ1v) is 6.87. The number of carbonyl (C=O) groups is 2. The van der Waals surface area contributed by atoms with Crippen LogP contribution in [0.1, 0.15) is 19.3 Å². The second-order valence-corrected chi connectivity index (χ2v) is 4.75. The van der Waals surface area contributed by atoms with E-state index in [9.17, 15) is 9.59 Å². The molecule has 1 saturated carbocycles. The van der Waals surface area contributed by atoms with Gasteiger partial charge in [0.25, 0.3) is 5.91 Å². The van der Waals surface area contributed by atoms with Gasteiger partial charge in [-0.3, -0.25) is 9.59 Å². The summed E-state index contributed by atoms with van der Waals surface area (Å²) in [5.41, 5.74) is 0. The SMILES string of the molecule is O=C(COC(=O)C1CCC1)NCCOc1ccccc1. The van der Waals surface area contributed by atoms with Crippen LogP contribution in [0.5, 0.6) is 5.75 Å². The number of esters is 1. The fraction of sp³-hybridized carbons (Fsp3) is 0.467. The molecule has 1 amide bonds. The smallest absolute Gasteiger partial charge is 0.309 e. The lowest BCUT2D eigenvalue weighted by molar-refractivity contribution is -0.155. The summed E-state index contributed by atoms with van der Waals surface area (Å²) in [5, 5.41) is 2.64. The van der Waals surface area contributed by atoms with Crippen LogP contribution in [-0.4, -0.2) is 31.6 Å². The molecular weight excluding hydrogens is 258 g/mol. The van der Waals surface area contributed by atoms with E-state index < -0.39 is 0 Å². The van der Waals surface area contributed by atoms with Crippen LogP contribution in [0.25, 0.3) is 0 Å². The van der Waals surface area contributed by atoms with E-state index in [0.717, 1.165) is 25.0 Å². The van der Waals surface area contributed by atoms with Gasteiger partial charge in [-0.25, -0.2) is 0 Å². The molecule has 0 bridgehead atoms. The average molecular weight is 277 g/mol. The molecule has 1 N–H and O–H groups in total. The Balaban J connectivity index is 1.52. The minimum Gasteiger partial charge on any atom is -0.492 e. The fourth-order valence-corrected chi connectivity index (χ4v) is 1.83. The van der Waals surface area contributed by atoms with Gasteiger partial charge in [-0.05, 0) is 25.0 Å². The maximum atomic E-state index is 11.4. The second-order valence-electron chi connectivity index (χ2n) is 4.75. The van der Waals surface area contributed by atoms with E-state index in [-0.39, 0.29) is 24.4 Å². The summed E-state index contributed by atoms with van der Waals surface area (Å²) in [7, 11) is 0. The maximum Gasteiger partial charge on any atom is 0.309 e. The normalized spacial score (nSPS) is 14.2. The molecule has 1 aromatic carbocycles. The average Bonchev–Trinajstić information content (AvgIpc) is 2.41. The molecule has 20 heavy (non-hydrogen) atoms. The Morgan fingerprint density at radius 1 is 1.20 bits per heavy atom. The minimum atomic E-state index is -0.297. The molecule has 5 nitrogen and oxygen atoms in total. The summed E-state index contributed by atoms with van der Waals surface area (Å²) >= 11 is 0. The van der Waals surface area contributed by atoms with Gasteiger partial charge in [0.1, 0.15) is 12.4 Å². The zero-order valence-electron chi connectivity index (χ0n) is 11.3. The molecule has 0 heterocycles. The van der Waals surface area contributed by atoms with Crippen LogP contribution >= 0.6 is 0 Å². The van der Waals surface area contributed by atoms with E-state index in [2.05, 4.69) is 5.32 Å². The highest BCUT2D eigenvalue weighted by molar-refractivity contribution is 5.81. The number of carbonyl (C=O) groups excluding carboxylic acids is 2. The lowest BCUT2D eigenvalue weighted by atomic mass is 9.86. The van der Waals surface area contributed by atoms with Crippen molar-refractivity contribution in [2.24, 2.45) is 5.92 Å². The Kier molecular flexibility index (Phi) is 5.41. The molecule has 0 aromatic heterocycles. The van der Waals surface area contributed by atoms with Crippen molar-refractivity contribution in [2.45, 2.75) is 19.3 Å². The summed E-state index contributed by atoms with van der Waals surface area (Å²) in [6.07, 6.45) is 2.83. The zero-order chi connectivity index (χ0) is 14.2. The quantitative estimate of drug-likeness (QED) is 0.606. The Morgan fingerprint density at radius 2 is 1.95 bits per heavy atom. The van der Waals surface area contributed by atoms with Gasteiger partial charge < -0.3 is 14.8 Å². The summed E-state index contributed by atoms with van der Waals surface area (Å²) in [4.78, 5) is 22.9. The van der Waals surface area contributed by atoms with Crippen LogP contribution in [0.15, 0.2) is 30.3 Å². The molecule has 0 saturated heterocycles. The fourth-order valence-electron chi connectivity index (χ4n) is 1.83. The molecule has 2 rings (SSSR count). The van der Waals surface area contributed by atoms with Crippen molar-refractivity contribution < 1.29 is 19.1 Å². The highest BCUT2D eigenvalue weighted by Crippen LogP contribution is 2.27. The molecule has 0 atom stereocenters. The van der Waals surface area contributed by atoms with Gasteiger partial charge in [-0.1, -0.05) is 24.6 Å². The number of amides is 1. The van der Waals surface area contributed by atoms with Gasteiger partial charge in [0.2, 0.25) is 0 Å². The third kappa shape index (κ3) is 4.57. The zero-order valence-corrected chi connectivity index (χ0v) is 11.3. The number of para-hydroxylation sites is 1. The van der Waals surface area contributed by atoms with E-state index in [0.29, 0.717) is 13.2 Å². The first-order valence-electron chi connectivity index (χ1n) is 6.87. The Labute approximate surface area is 118 Å². The monoisotopic (exact) mass is 277 g/mol. The first-order chi connectivity index (χ1) is 9.75. The molecule has 1 aliphatic rings. The van der Waals surface area contributed by atoms with E-state index >= 15 is 0 Å². The molecule has 1 aromatic rings. The van der Waals surface area contributed by atoms with Gasteiger partial charge in [-0.15, -0.1) is 0 Å². The number of rotatable bonds is 7. The Bertz CT molecular complexity index is 442. The predicted octanol–water partition coefficient (Wildman–Crippen LogP) is 1.52. The van der Waals surface area contributed by atoms with Crippen molar-refractivity contribution in [3.05, 3.63) is 30.3 Å². The minimum absolute atomic E-state index is 0.00390. The van der Waals surface area contributed by atoms with Crippen molar-refractivity contribution in [3.63, 3.8) is 0 Å². The number of ether oxygens (including phenoxy) is 2. The Morgan fingerprint density at radius 3 is 2.60 bits per heavy atom. The Hall–Kier alpha value is -2.04. The largest absolute Gasteiger partial charge is 0.492 e. The van der Waals surface area contributed by atoms with Gasteiger partial charge >= 0.3 is 5.97 Å². The van der Waals surface area contributed by atoms with Crippen LogP contribution in [-0.2, 0) is 14.3 Å². The molecule has 0 unspecified atom stereocenters. The van der Waals surface area contributed by atoms with Gasteiger partial charge in [0, 0.05) is 0 Å². The summed E-state index contributed by atoms with van der Waals surface area (Å²) in [5.74, 6) is 0.212. The van der Waals surface area contributed by atoms with Crippen LogP contribution in [0.4, 0.5) is 0 Å². The third-order valence-electron chi connectivity index (χ3n) is 3.22. The molecule has 108 valence electrons. The van der Waals surface area contributed by atoms with E-state index in [4.69, 9.17) is 9.47 Å². The summed E-state index contributed by atoms with van der Waals surface area (Å²) < 4.78 is 10.4. The summed E-state index contributed by atoms with van der Waals surface area (Å²) in [6.45, 7) is 0.557. The molecule has 0 aliphatic heterocycles. The van der Waals surface area contributed by atoms with Crippen LogP contribution < -0.4 is 10.1 Å². The lowest BCUT2D eigenvalue weighted by Gasteiger charge is -2.22. The first kappa shape index (κ1) is 14.4. The second kappa shape index (κ2) is 7.53. The number of hydrogen-bond donors (Lipinski definition) is 1. The molecule has 0 radical (unpaired) electrons. The van der Waals surface area contributed by atoms with Crippen LogP contribution in [0, 0.1) is 5.92 Å². The molecule has 1 aliphatic carbocycles. The van der Waals surface area contributed by atoms with Gasteiger partial charge in [0.15, 0.2) is 6.61 Å². The standard InChI is InChI=1S/C15H19NO4/c17-14(11-20-15(18)12-5-4-6-12)16-9-10-19-13-7-2-1-3-8-13/h1-3,7-8,12H,4-6,9-11H2,(H,16,17). The van der Waals surface area contributed by atoms with Crippen molar-refractivity contribution in [2.75, 3.05) is 19.8 Å².